The molecule has 1 unspecified atom stereocenters. The monoisotopic (exact) mass is 544 g/mol. The molecule has 7 nitrogen and oxygen atoms in total. The van der Waals surface area contributed by atoms with Gasteiger partial charge < -0.3 is 14.4 Å². The Bertz CT molecular complexity index is 1400. The number of rotatable bonds is 6. The van der Waals surface area contributed by atoms with Gasteiger partial charge in [0.2, 0.25) is 0 Å². The number of fused-ring (bicyclic) bond motifs is 1. The molecule has 0 aliphatic carbocycles. The summed E-state index contributed by atoms with van der Waals surface area (Å²) in [7, 11) is 0. The third-order valence-corrected chi connectivity index (χ3v) is 7.12. The van der Waals surface area contributed by atoms with Crippen LogP contribution in [0, 0.1) is 5.92 Å². The highest BCUT2D eigenvalue weighted by atomic mass is 35.5. The summed E-state index contributed by atoms with van der Waals surface area (Å²) < 4.78 is 11.1. The molecule has 0 bridgehead atoms. The first-order valence-electron chi connectivity index (χ1n) is 13.0. The van der Waals surface area contributed by atoms with Crippen molar-refractivity contribution in [3.05, 3.63) is 100 Å². The van der Waals surface area contributed by atoms with E-state index in [1.54, 1.807) is 59.2 Å². The van der Waals surface area contributed by atoms with Crippen LogP contribution in [-0.4, -0.2) is 42.4 Å². The van der Waals surface area contributed by atoms with Gasteiger partial charge in [-0.25, -0.2) is 0 Å². The number of esters is 1. The molecule has 0 aromatic heterocycles. The molecule has 200 valence electrons. The summed E-state index contributed by atoms with van der Waals surface area (Å²) in [5, 5.41) is 0.633. The maximum Gasteiger partial charge on any atom is 0.310 e. The Morgan fingerprint density at radius 1 is 1.05 bits per heavy atom. The zero-order valence-electron chi connectivity index (χ0n) is 21.6. The van der Waals surface area contributed by atoms with Gasteiger partial charge in [0, 0.05) is 23.7 Å². The van der Waals surface area contributed by atoms with E-state index in [1.165, 1.54) is 0 Å². The minimum absolute atomic E-state index is 0.128. The molecule has 3 aromatic carbocycles. The number of piperidine rings is 1. The van der Waals surface area contributed by atoms with Crippen molar-refractivity contribution in [1.29, 1.82) is 0 Å². The van der Waals surface area contributed by atoms with Crippen LogP contribution in [0.25, 0.3) is 6.08 Å². The van der Waals surface area contributed by atoms with E-state index in [9.17, 15) is 14.4 Å². The molecule has 2 aliphatic rings. The molecule has 1 atom stereocenters. The lowest BCUT2D eigenvalue weighted by Crippen LogP contribution is -2.42. The van der Waals surface area contributed by atoms with Gasteiger partial charge in [-0.3, -0.25) is 19.3 Å². The van der Waals surface area contributed by atoms with Gasteiger partial charge in [-0.15, -0.1) is 0 Å². The minimum atomic E-state index is -0.292. The fourth-order valence-electron chi connectivity index (χ4n) is 4.86. The lowest BCUT2D eigenvalue weighted by atomic mass is 9.97. The predicted molar refractivity (Wildman–Crippen MR) is 149 cm³/mol. The summed E-state index contributed by atoms with van der Waals surface area (Å²) in [6.45, 7) is 3.43. The van der Waals surface area contributed by atoms with E-state index in [0.29, 0.717) is 48.3 Å². The number of halogens is 1. The molecule has 0 saturated carbocycles. The SMILES string of the molecule is CCOC(=O)C1CCCN(C(=O)c2ccc(C=C3Oc4ccccc4N(Cc4ccc(Cl)cc4)C3=O)cc2)C1. The van der Waals surface area contributed by atoms with Crippen molar-refractivity contribution in [3.63, 3.8) is 0 Å². The number of benzene rings is 3. The molecule has 2 aliphatic heterocycles. The van der Waals surface area contributed by atoms with E-state index >= 15 is 0 Å². The van der Waals surface area contributed by atoms with Crippen LogP contribution < -0.4 is 9.64 Å². The summed E-state index contributed by atoms with van der Waals surface area (Å²) in [6.07, 6.45) is 3.16. The predicted octanol–water partition coefficient (Wildman–Crippen LogP) is 5.72. The van der Waals surface area contributed by atoms with Gasteiger partial charge in [-0.1, -0.05) is 48.0 Å². The van der Waals surface area contributed by atoms with Gasteiger partial charge in [0.05, 0.1) is 24.8 Å². The third-order valence-electron chi connectivity index (χ3n) is 6.87. The lowest BCUT2D eigenvalue weighted by Gasteiger charge is -2.31. The van der Waals surface area contributed by atoms with Gasteiger partial charge in [0.25, 0.3) is 11.8 Å². The van der Waals surface area contributed by atoms with Crippen molar-refractivity contribution in [1.82, 2.24) is 4.90 Å². The normalized spacial score (nSPS) is 17.9. The zero-order chi connectivity index (χ0) is 27.4. The highest BCUT2D eigenvalue weighted by molar-refractivity contribution is 6.30. The number of carbonyl (C=O) groups is 3. The number of para-hydroxylation sites is 2. The number of nitrogens with zero attached hydrogens (tertiary/aromatic N) is 2. The van der Waals surface area contributed by atoms with E-state index < -0.39 is 0 Å². The maximum absolute atomic E-state index is 13.5. The largest absolute Gasteiger partial charge is 0.466 e. The summed E-state index contributed by atoms with van der Waals surface area (Å²) in [5.41, 5.74) is 2.88. The van der Waals surface area contributed by atoms with Crippen LogP contribution in [0.1, 0.15) is 41.3 Å². The standard InChI is InChI=1S/C31H29ClN2O5/c1-2-38-31(37)24-6-5-17-33(20-24)29(35)23-13-9-21(10-14-23)18-28-30(36)34(19-22-11-15-25(32)16-12-22)26-7-3-4-8-27(26)39-28/h3-4,7-16,18,24H,2,5-6,17,19-20H2,1H3. The quantitative estimate of drug-likeness (QED) is 0.293. The second-order valence-electron chi connectivity index (χ2n) is 9.56. The summed E-state index contributed by atoms with van der Waals surface area (Å²) in [6, 6.07) is 21.8. The Labute approximate surface area is 232 Å². The van der Waals surface area contributed by atoms with Gasteiger partial charge in [0.15, 0.2) is 11.5 Å². The second-order valence-corrected chi connectivity index (χ2v) is 10.00. The van der Waals surface area contributed by atoms with Crippen LogP contribution >= 0.6 is 11.6 Å². The van der Waals surface area contributed by atoms with Gasteiger partial charge >= 0.3 is 5.97 Å². The average Bonchev–Trinajstić information content (AvgIpc) is 2.96. The fourth-order valence-corrected chi connectivity index (χ4v) is 4.99. The molecular formula is C31H29ClN2O5. The number of ether oxygens (including phenoxy) is 2. The lowest BCUT2D eigenvalue weighted by molar-refractivity contribution is -0.149. The number of hydrogen-bond donors (Lipinski definition) is 0. The van der Waals surface area contributed by atoms with Crippen molar-refractivity contribution in [2.75, 3.05) is 24.6 Å². The van der Waals surface area contributed by atoms with Crippen molar-refractivity contribution >= 4 is 41.1 Å². The highest BCUT2D eigenvalue weighted by Crippen LogP contribution is 2.36. The Morgan fingerprint density at radius 3 is 2.54 bits per heavy atom. The zero-order valence-corrected chi connectivity index (χ0v) is 22.4. The fraction of sp³-hybridized carbons (Fsp3) is 0.258. The van der Waals surface area contributed by atoms with Crippen molar-refractivity contribution in [2.24, 2.45) is 5.92 Å². The molecule has 1 fully saturated rings. The topological polar surface area (TPSA) is 76.2 Å². The molecule has 2 heterocycles. The van der Waals surface area contributed by atoms with Crippen LogP contribution in [-0.2, 0) is 20.9 Å². The molecule has 0 radical (unpaired) electrons. The second kappa shape index (κ2) is 11.7. The first kappa shape index (κ1) is 26.5. The molecule has 0 spiro atoms. The van der Waals surface area contributed by atoms with E-state index in [4.69, 9.17) is 21.1 Å². The summed E-state index contributed by atoms with van der Waals surface area (Å²) in [5.74, 6) is -0.153. The molecule has 5 rings (SSSR count). The van der Waals surface area contributed by atoms with Crippen LogP contribution in [0.4, 0.5) is 5.69 Å². The maximum atomic E-state index is 13.5. The average molecular weight is 545 g/mol. The Hall–Kier alpha value is -4.10. The highest BCUT2D eigenvalue weighted by Gasteiger charge is 2.31. The number of amides is 2. The van der Waals surface area contributed by atoms with Crippen molar-refractivity contribution < 1.29 is 23.9 Å². The van der Waals surface area contributed by atoms with Crippen molar-refractivity contribution in [2.45, 2.75) is 26.3 Å². The molecule has 0 N–H and O–H groups in total. The number of carbonyl (C=O) groups excluding carboxylic acids is 3. The Morgan fingerprint density at radius 2 is 1.79 bits per heavy atom. The van der Waals surface area contributed by atoms with E-state index in [1.807, 2.05) is 36.4 Å². The molecule has 2 amide bonds. The Balaban J connectivity index is 1.33. The molecule has 39 heavy (non-hydrogen) atoms. The summed E-state index contributed by atoms with van der Waals surface area (Å²) in [4.78, 5) is 42.2. The van der Waals surface area contributed by atoms with Crippen LogP contribution in [0.5, 0.6) is 5.75 Å². The number of anilines is 1. The van der Waals surface area contributed by atoms with Crippen molar-refractivity contribution in [3.8, 4) is 5.75 Å². The molecule has 8 heteroatoms. The van der Waals surface area contributed by atoms with Gasteiger partial charge in [-0.2, -0.15) is 0 Å². The van der Waals surface area contributed by atoms with Crippen LogP contribution in [0.2, 0.25) is 5.02 Å². The molecular weight excluding hydrogens is 516 g/mol. The summed E-state index contributed by atoms with van der Waals surface area (Å²) >= 11 is 6.03. The number of hydrogen-bond acceptors (Lipinski definition) is 5. The van der Waals surface area contributed by atoms with Crippen LogP contribution in [0.15, 0.2) is 78.6 Å². The third kappa shape index (κ3) is 5.99. The Kier molecular flexibility index (Phi) is 7.98. The molecule has 3 aromatic rings. The number of likely N-dealkylation sites (tertiary alicyclic amines) is 1. The van der Waals surface area contributed by atoms with Gasteiger partial charge in [0.1, 0.15) is 0 Å². The minimum Gasteiger partial charge on any atom is -0.466 e. The van der Waals surface area contributed by atoms with E-state index in [0.717, 1.165) is 24.0 Å². The first-order valence-corrected chi connectivity index (χ1v) is 13.4. The van der Waals surface area contributed by atoms with Crippen LogP contribution in [0.3, 0.4) is 0 Å². The van der Waals surface area contributed by atoms with Gasteiger partial charge in [-0.05, 0) is 73.4 Å². The first-order chi connectivity index (χ1) is 18.9. The smallest absolute Gasteiger partial charge is 0.310 e. The van der Waals surface area contributed by atoms with E-state index in [2.05, 4.69) is 0 Å². The molecule has 1 saturated heterocycles. The van der Waals surface area contributed by atoms with E-state index in [-0.39, 0.29) is 29.5 Å².